The summed E-state index contributed by atoms with van der Waals surface area (Å²) in [4.78, 5) is 41.8. The Bertz CT molecular complexity index is 1140. The second-order valence-corrected chi connectivity index (χ2v) is 8.01. The highest BCUT2D eigenvalue weighted by atomic mass is 16.5. The van der Waals surface area contributed by atoms with Gasteiger partial charge in [0.1, 0.15) is 0 Å². The average Bonchev–Trinajstić information content (AvgIpc) is 3.26. The molecular weight excluding hydrogens is 450 g/mol. The third-order valence-electron chi connectivity index (χ3n) is 4.96. The number of carbonyl (C=O) groups excluding carboxylic acids is 1. The maximum Gasteiger partial charge on any atom is 0.328 e. The zero-order chi connectivity index (χ0) is 25.6. The fourth-order valence-electron chi connectivity index (χ4n) is 3.28. The van der Waals surface area contributed by atoms with E-state index < -0.39 is 11.9 Å². The number of H-pyrrole nitrogens is 1. The summed E-state index contributed by atoms with van der Waals surface area (Å²) in [6, 6.07) is 11.3. The highest BCUT2D eigenvalue weighted by Crippen LogP contribution is 2.24. The van der Waals surface area contributed by atoms with Crippen molar-refractivity contribution in [2.24, 2.45) is 0 Å². The van der Waals surface area contributed by atoms with E-state index in [1.54, 1.807) is 24.5 Å². The minimum Gasteiger partial charge on any atom is -0.478 e. The van der Waals surface area contributed by atoms with Crippen LogP contribution in [0.15, 0.2) is 60.9 Å². The summed E-state index contributed by atoms with van der Waals surface area (Å²) in [5.74, 6) is -2.16. The van der Waals surface area contributed by atoms with Crippen molar-refractivity contribution in [1.29, 1.82) is 0 Å². The van der Waals surface area contributed by atoms with Crippen LogP contribution < -0.4 is 4.74 Å². The number of ketones is 1. The van der Waals surface area contributed by atoms with E-state index in [0.29, 0.717) is 35.8 Å². The molecule has 35 heavy (non-hydrogen) atoms. The molecule has 9 nitrogen and oxygen atoms in total. The van der Waals surface area contributed by atoms with E-state index in [-0.39, 0.29) is 5.78 Å². The lowest BCUT2D eigenvalue weighted by Crippen LogP contribution is -2.12. The number of aromatic nitrogens is 2. The Morgan fingerprint density at radius 3 is 2.31 bits per heavy atom. The van der Waals surface area contributed by atoms with E-state index >= 15 is 0 Å². The first-order valence-electron chi connectivity index (χ1n) is 11.3. The van der Waals surface area contributed by atoms with Gasteiger partial charge in [0.15, 0.2) is 0 Å². The summed E-state index contributed by atoms with van der Waals surface area (Å²) < 4.78 is 5.84. The number of nitrogens with one attached hydrogen (secondary N) is 1. The van der Waals surface area contributed by atoms with Gasteiger partial charge in [0.25, 0.3) is 0 Å². The lowest BCUT2D eigenvalue weighted by Gasteiger charge is -2.10. The minimum atomic E-state index is -1.26. The molecule has 3 N–H and O–H groups in total. The van der Waals surface area contributed by atoms with Crippen molar-refractivity contribution >= 4 is 28.6 Å². The van der Waals surface area contributed by atoms with Crippen molar-refractivity contribution in [3.05, 3.63) is 72.1 Å². The maximum atomic E-state index is 13.0. The molecule has 3 aromatic rings. The number of hydrogen-bond acceptors (Lipinski definition) is 6. The molecule has 0 atom stereocenters. The molecule has 2 heterocycles. The Balaban J connectivity index is 0.000000466. The van der Waals surface area contributed by atoms with Crippen LogP contribution in [0.2, 0.25) is 0 Å². The van der Waals surface area contributed by atoms with Crippen LogP contribution in [-0.2, 0) is 9.59 Å². The Hall–Kier alpha value is -3.98. The molecule has 0 spiro atoms. The first kappa shape index (κ1) is 27.3. The van der Waals surface area contributed by atoms with Crippen molar-refractivity contribution in [3.8, 4) is 5.88 Å². The fraction of sp³-hybridized carbons (Fsp3) is 0.308. The number of benzene rings is 1. The molecule has 0 amide bonds. The van der Waals surface area contributed by atoms with E-state index in [9.17, 15) is 14.4 Å². The fourth-order valence-corrected chi connectivity index (χ4v) is 3.28. The number of carboxylic acids is 2. The van der Waals surface area contributed by atoms with Gasteiger partial charge in [-0.05, 0) is 51.7 Å². The molecule has 0 aliphatic rings. The zero-order valence-corrected chi connectivity index (χ0v) is 19.9. The van der Waals surface area contributed by atoms with Crippen molar-refractivity contribution < 1.29 is 29.3 Å². The Morgan fingerprint density at radius 2 is 1.63 bits per heavy atom. The van der Waals surface area contributed by atoms with Gasteiger partial charge in [-0.25, -0.2) is 14.6 Å². The van der Waals surface area contributed by atoms with Crippen LogP contribution in [0, 0.1) is 0 Å². The third-order valence-corrected chi connectivity index (χ3v) is 4.96. The lowest BCUT2D eigenvalue weighted by molar-refractivity contribution is -0.134. The number of unbranched alkanes of at least 4 members (excludes halogenated alkanes) is 3. The van der Waals surface area contributed by atoms with Crippen molar-refractivity contribution in [2.75, 3.05) is 27.2 Å². The van der Waals surface area contributed by atoms with E-state index in [1.807, 2.05) is 24.3 Å². The van der Waals surface area contributed by atoms with E-state index in [2.05, 4.69) is 29.0 Å². The largest absolute Gasteiger partial charge is 0.478 e. The molecule has 186 valence electrons. The molecule has 0 bridgehead atoms. The standard InChI is InChI=1S/C22H27N3O2.C4H4O4/c1-25(2)14-7-3-4-8-15-27-22-18(11-9-13-23-22)21(26)19-16-24-20-12-6-5-10-17(19)20;5-3(6)1-2-4(7)8/h5-6,9-13,16,24H,3-4,7-8,14-15H2,1-2H3;1-2H,(H,5,6)(H,7,8). The number of hydrogen-bond donors (Lipinski definition) is 3. The number of ether oxygens (including phenoxy) is 1. The van der Waals surface area contributed by atoms with Gasteiger partial charge < -0.3 is 24.8 Å². The number of carboxylic acid groups (broad SMARTS) is 2. The molecular formula is C26H31N3O6. The van der Waals surface area contributed by atoms with Gasteiger partial charge in [0.2, 0.25) is 11.7 Å². The number of fused-ring (bicyclic) bond motifs is 1. The Morgan fingerprint density at radius 1 is 0.943 bits per heavy atom. The topological polar surface area (TPSA) is 133 Å². The lowest BCUT2D eigenvalue weighted by atomic mass is 10.0. The van der Waals surface area contributed by atoms with Gasteiger partial charge in [-0.1, -0.05) is 31.0 Å². The van der Waals surface area contributed by atoms with Crippen LogP contribution in [0.25, 0.3) is 10.9 Å². The normalized spacial score (nSPS) is 10.8. The second-order valence-electron chi connectivity index (χ2n) is 8.01. The van der Waals surface area contributed by atoms with E-state index in [1.165, 1.54) is 12.8 Å². The van der Waals surface area contributed by atoms with Gasteiger partial charge in [-0.15, -0.1) is 0 Å². The predicted octanol–water partition coefficient (Wildman–Crippen LogP) is 4.01. The highest BCUT2D eigenvalue weighted by Gasteiger charge is 2.18. The summed E-state index contributed by atoms with van der Waals surface area (Å²) in [5.41, 5.74) is 2.10. The summed E-state index contributed by atoms with van der Waals surface area (Å²) >= 11 is 0. The maximum absolute atomic E-state index is 13.0. The van der Waals surface area contributed by atoms with Crippen LogP contribution >= 0.6 is 0 Å². The van der Waals surface area contributed by atoms with Crippen LogP contribution in [0.1, 0.15) is 41.6 Å². The number of pyridine rings is 1. The van der Waals surface area contributed by atoms with Gasteiger partial charge >= 0.3 is 11.9 Å². The molecule has 0 fully saturated rings. The molecule has 3 rings (SSSR count). The van der Waals surface area contributed by atoms with E-state index in [4.69, 9.17) is 14.9 Å². The molecule has 0 saturated heterocycles. The summed E-state index contributed by atoms with van der Waals surface area (Å²) in [7, 11) is 4.19. The predicted molar refractivity (Wildman–Crippen MR) is 133 cm³/mol. The molecule has 0 aliphatic heterocycles. The number of rotatable bonds is 12. The summed E-state index contributed by atoms with van der Waals surface area (Å²) in [6.07, 6.45) is 9.00. The molecule has 0 radical (unpaired) electrons. The Labute approximate surface area is 204 Å². The van der Waals surface area contributed by atoms with Gasteiger partial charge in [-0.2, -0.15) is 0 Å². The number of aromatic amines is 1. The molecule has 9 heteroatoms. The summed E-state index contributed by atoms with van der Waals surface area (Å²) in [6.45, 7) is 1.69. The molecule has 0 saturated carbocycles. The van der Waals surface area contributed by atoms with E-state index in [0.717, 1.165) is 30.3 Å². The highest BCUT2D eigenvalue weighted by molar-refractivity contribution is 6.17. The number of nitrogens with zero attached hydrogens (tertiary/aromatic N) is 2. The Kier molecular flexibility index (Phi) is 11.2. The second kappa shape index (κ2) is 14.3. The van der Waals surface area contributed by atoms with Crippen molar-refractivity contribution in [1.82, 2.24) is 14.9 Å². The van der Waals surface area contributed by atoms with Crippen molar-refractivity contribution in [2.45, 2.75) is 25.7 Å². The number of para-hydroxylation sites is 1. The van der Waals surface area contributed by atoms with Crippen LogP contribution in [0.3, 0.4) is 0 Å². The zero-order valence-electron chi connectivity index (χ0n) is 19.9. The van der Waals surface area contributed by atoms with Gasteiger partial charge in [0.05, 0.1) is 12.2 Å². The smallest absolute Gasteiger partial charge is 0.328 e. The number of carbonyl (C=O) groups is 3. The first-order chi connectivity index (χ1) is 16.8. The quantitative estimate of drug-likeness (QED) is 0.201. The van der Waals surface area contributed by atoms with Gasteiger partial charge in [0, 0.05) is 41.0 Å². The molecule has 0 unspecified atom stereocenters. The number of aliphatic carboxylic acids is 2. The molecule has 2 aromatic heterocycles. The van der Waals surface area contributed by atoms with Gasteiger partial charge in [-0.3, -0.25) is 4.79 Å². The van der Waals surface area contributed by atoms with Crippen LogP contribution in [0.5, 0.6) is 5.88 Å². The summed E-state index contributed by atoms with van der Waals surface area (Å²) in [5, 5.41) is 16.5. The third kappa shape index (κ3) is 9.42. The SMILES string of the molecule is CN(C)CCCCCCOc1ncccc1C(=O)c1c[nH]c2ccccc12.O=C(O)C=CC(=O)O. The molecule has 0 aliphatic carbocycles. The minimum absolute atomic E-state index is 0.0680. The van der Waals surface area contributed by atoms with Crippen LogP contribution in [0.4, 0.5) is 0 Å². The van der Waals surface area contributed by atoms with Crippen molar-refractivity contribution in [3.63, 3.8) is 0 Å². The first-order valence-corrected chi connectivity index (χ1v) is 11.3. The monoisotopic (exact) mass is 481 g/mol. The van der Waals surface area contributed by atoms with Crippen LogP contribution in [-0.4, -0.2) is 70.0 Å². The average molecular weight is 482 g/mol. The molecule has 1 aromatic carbocycles.